The Morgan fingerprint density at radius 1 is 0.976 bits per heavy atom. The number of rotatable bonds is 10. The fraction of sp³-hybridized carbons (Fsp3) is 0.548. The Morgan fingerprint density at radius 2 is 1.71 bits per heavy atom. The summed E-state index contributed by atoms with van der Waals surface area (Å²) in [5.41, 5.74) is 1.77. The van der Waals surface area contributed by atoms with Crippen LogP contribution in [0.4, 0.5) is 0 Å². The Labute approximate surface area is 245 Å². The molecule has 1 aromatic carbocycles. The molecule has 0 spiro atoms. The third kappa shape index (κ3) is 5.55. The van der Waals surface area contributed by atoms with Crippen molar-refractivity contribution in [1.82, 2.24) is 24.8 Å². The van der Waals surface area contributed by atoms with E-state index in [0.717, 1.165) is 89.1 Å². The van der Waals surface area contributed by atoms with Gasteiger partial charge in [0.2, 0.25) is 0 Å². The van der Waals surface area contributed by atoms with Crippen LogP contribution >= 0.6 is 0 Å². The molecular weight excluding hydrogens is 538 g/mol. The summed E-state index contributed by atoms with van der Waals surface area (Å²) >= 11 is 0. The molecule has 11 nitrogen and oxygen atoms in total. The van der Waals surface area contributed by atoms with Gasteiger partial charge in [-0.25, -0.2) is 9.50 Å². The molecular formula is C31H39N5O6. The number of carbonyl (C=O) groups excluding carboxylic acids is 2. The summed E-state index contributed by atoms with van der Waals surface area (Å²) in [4.78, 5) is 33.4. The minimum Gasteiger partial charge on any atom is -0.493 e. The maximum Gasteiger partial charge on any atom is 0.312 e. The Bertz CT molecular complexity index is 1420. The Morgan fingerprint density at radius 3 is 2.43 bits per heavy atom. The van der Waals surface area contributed by atoms with Crippen molar-refractivity contribution in [2.24, 2.45) is 5.41 Å². The smallest absolute Gasteiger partial charge is 0.312 e. The van der Waals surface area contributed by atoms with E-state index in [1.807, 2.05) is 24.3 Å². The minimum atomic E-state index is -0.424. The van der Waals surface area contributed by atoms with Gasteiger partial charge in [0, 0.05) is 43.0 Å². The zero-order valence-corrected chi connectivity index (χ0v) is 24.4. The molecule has 4 aliphatic rings. The van der Waals surface area contributed by atoms with Gasteiger partial charge < -0.3 is 24.3 Å². The molecule has 1 amide bonds. The van der Waals surface area contributed by atoms with E-state index in [9.17, 15) is 9.59 Å². The predicted molar refractivity (Wildman–Crippen MR) is 155 cm³/mol. The van der Waals surface area contributed by atoms with E-state index in [4.69, 9.17) is 18.9 Å². The molecule has 1 aliphatic heterocycles. The molecule has 3 heterocycles. The summed E-state index contributed by atoms with van der Waals surface area (Å²) in [6.45, 7) is 4.80. The zero-order chi connectivity index (χ0) is 29.2. The third-order valence-corrected chi connectivity index (χ3v) is 9.28. The van der Waals surface area contributed by atoms with Gasteiger partial charge >= 0.3 is 5.97 Å². The van der Waals surface area contributed by atoms with E-state index in [0.29, 0.717) is 29.4 Å². The van der Waals surface area contributed by atoms with Crippen LogP contribution in [0, 0.1) is 5.41 Å². The number of benzene rings is 1. The number of nitrogens with one attached hydrogen (secondary N) is 1. The quantitative estimate of drug-likeness (QED) is 0.285. The van der Waals surface area contributed by atoms with Crippen LogP contribution in [0.5, 0.6) is 11.5 Å². The molecule has 11 heteroatoms. The lowest BCUT2D eigenvalue weighted by Gasteiger charge is -2.52. The minimum absolute atomic E-state index is 0.0711. The van der Waals surface area contributed by atoms with E-state index in [1.165, 1.54) is 0 Å². The van der Waals surface area contributed by atoms with Crippen LogP contribution < -0.4 is 14.8 Å². The van der Waals surface area contributed by atoms with Crippen LogP contribution in [-0.4, -0.2) is 90.6 Å². The summed E-state index contributed by atoms with van der Waals surface area (Å²) in [6, 6.07) is 9.19. The van der Waals surface area contributed by atoms with Gasteiger partial charge in [0.1, 0.15) is 0 Å². The highest BCUT2D eigenvalue weighted by atomic mass is 16.5. The van der Waals surface area contributed by atoms with Gasteiger partial charge in [-0.05, 0) is 69.2 Å². The lowest BCUT2D eigenvalue weighted by atomic mass is 9.57. The van der Waals surface area contributed by atoms with Crippen molar-refractivity contribution in [3.8, 4) is 22.8 Å². The summed E-state index contributed by atoms with van der Waals surface area (Å²) in [5, 5.41) is 7.92. The first kappa shape index (κ1) is 28.4. The molecule has 2 bridgehead atoms. The number of amides is 1. The van der Waals surface area contributed by atoms with Crippen molar-refractivity contribution in [2.45, 2.75) is 50.5 Å². The molecule has 3 aliphatic carbocycles. The number of carbonyl (C=O) groups is 2. The van der Waals surface area contributed by atoms with E-state index in [1.54, 1.807) is 31.0 Å². The number of aromatic nitrogens is 3. The number of hydrogen-bond donors (Lipinski definition) is 1. The van der Waals surface area contributed by atoms with Gasteiger partial charge in [0.25, 0.3) is 5.91 Å². The second-order valence-electron chi connectivity index (χ2n) is 11.7. The highest BCUT2D eigenvalue weighted by molar-refractivity contribution is 5.94. The first-order chi connectivity index (χ1) is 20.4. The first-order valence-electron chi connectivity index (χ1n) is 14.8. The van der Waals surface area contributed by atoms with E-state index in [2.05, 4.69) is 20.3 Å². The average molecular weight is 578 g/mol. The van der Waals surface area contributed by atoms with Crippen molar-refractivity contribution in [2.75, 3.05) is 53.7 Å². The normalized spacial score (nSPS) is 24.0. The number of morpholine rings is 1. The maximum absolute atomic E-state index is 13.5. The molecule has 1 N–H and O–H groups in total. The van der Waals surface area contributed by atoms with E-state index < -0.39 is 5.41 Å². The van der Waals surface area contributed by atoms with Crippen LogP contribution in [0.15, 0.2) is 36.5 Å². The van der Waals surface area contributed by atoms with Gasteiger partial charge in [-0.1, -0.05) is 0 Å². The Hall–Kier alpha value is -3.70. The van der Waals surface area contributed by atoms with Gasteiger partial charge in [-0.15, -0.1) is 0 Å². The molecule has 42 heavy (non-hydrogen) atoms. The molecule has 0 unspecified atom stereocenters. The Balaban J connectivity index is 1.08. The number of hydrogen-bond acceptors (Lipinski definition) is 9. The van der Waals surface area contributed by atoms with Gasteiger partial charge in [-0.3, -0.25) is 14.5 Å². The highest BCUT2D eigenvalue weighted by Crippen LogP contribution is 2.53. The number of esters is 1. The van der Waals surface area contributed by atoms with Crippen LogP contribution in [0.25, 0.3) is 16.9 Å². The number of ether oxygens (including phenoxy) is 4. The van der Waals surface area contributed by atoms with Crippen LogP contribution in [-0.2, 0) is 14.3 Å². The van der Waals surface area contributed by atoms with Crippen molar-refractivity contribution in [3.05, 3.63) is 42.2 Å². The molecule has 4 fully saturated rings. The number of fused-ring (bicyclic) bond motifs is 4. The van der Waals surface area contributed by atoms with Crippen molar-refractivity contribution in [1.29, 1.82) is 0 Å². The largest absolute Gasteiger partial charge is 0.493 e. The van der Waals surface area contributed by atoms with Crippen LogP contribution in [0.2, 0.25) is 0 Å². The summed E-state index contributed by atoms with van der Waals surface area (Å²) in [5.74, 6) is 0.941. The third-order valence-electron chi connectivity index (χ3n) is 9.28. The summed E-state index contributed by atoms with van der Waals surface area (Å²) in [7, 11) is 3.19. The topological polar surface area (TPSA) is 117 Å². The predicted octanol–water partition coefficient (Wildman–Crippen LogP) is 3.50. The maximum atomic E-state index is 13.5. The molecule has 2 aromatic heterocycles. The molecule has 3 saturated carbocycles. The van der Waals surface area contributed by atoms with Crippen molar-refractivity contribution < 1.29 is 28.5 Å². The number of nitrogens with zero attached hydrogens (tertiary/aromatic N) is 4. The lowest BCUT2D eigenvalue weighted by Crippen LogP contribution is -2.58. The second-order valence-corrected chi connectivity index (χ2v) is 11.7. The molecule has 3 aromatic rings. The number of methoxy groups -OCH3 is 2. The van der Waals surface area contributed by atoms with E-state index in [-0.39, 0.29) is 17.4 Å². The molecule has 7 rings (SSSR count). The monoisotopic (exact) mass is 577 g/mol. The second kappa shape index (κ2) is 11.9. The first-order valence-corrected chi connectivity index (χ1v) is 14.8. The van der Waals surface area contributed by atoms with Gasteiger partial charge in [0.05, 0.1) is 45.1 Å². The van der Waals surface area contributed by atoms with Crippen LogP contribution in [0.1, 0.15) is 55.4 Å². The van der Waals surface area contributed by atoms with Gasteiger partial charge in [-0.2, -0.15) is 5.10 Å². The fourth-order valence-corrected chi connectivity index (χ4v) is 6.64. The molecule has 1 saturated heterocycles. The summed E-state index contributed by atoms with van der Waals surface area (Å²) in [6.07, 6.45) is 6.98. The lowest BCUT2D eigenvalue weighted by molar-refractivity contribution is -0.163. The van der Waals surface area contributed by atoms with Gasteiger partial charge in [0.15, 0.2) is 22.8 Å². The van der Waals surface area contributed by atoms with Crippen LogP contribution in [0.3, 0.4) is 0 Å². The summed E-state index contributed by atoms with van der Waals surface area (Å²) < 4.78 is 23.7. The zero-order valence-electron chi connectivity index (χ0n) is 24.4. The van der Waals surface area contributed by atoms with Crippen molar-refractivity contribution in [3.63, 3.8) is 0 Å². The standard InChI is InChI=1S/C31H39N5O6/c1-39-25-5-4-22(20-26(25)40-2)24-6-13-32-27-21-23(34-36(24)27)28(37)33-31-10-7-30(8-11-31,9-12-31)29(38)42-17-3-14-35-15-18-41-19-16-35/h4-6,13,20-21H,3,7-12,14-19H2,1-2H3,(H,33,37). The highest BCUT2D eigenvalue weighted by Gasteiger charge is 2.53. The average Bonchev–Trinajstić information content (AvgIpc) is 3.49. The molecule has 224 valence electrons. The van der Waals surface area contributed by atoms with Crippen molar-refractivity contribution >= 4 is 17.5 Å². The SMILES string of the molecule is COc1ccc(-c2ccnc3cc(C(=O)NC45CCC(C(=O)OCCCN6CCOCC6)(CC4)CC5)nn23)cc1OC. The Kier molecular flexibility index (Phi) is 8.04. The molecule has 0 radical (unpaired) electrons. The fourth-order valence-electron chi connectivity index (χ4n) is 6.64. The molecule has 0 atom stereocenters. The van der Waals surface area contributed by atoms with E-state index >= 15 is 0 Å².